The number of halogens is 1. The Morgan fingerprint density at radius 2 is 1.90 bits per heavy atom. The van der Waals surface area contributed by atoms with Crippen LogP contribution in [0.4, 0.5) is 0 Å². The van der Waals surface area contributed by atoms with Crippen LogP contribution in [-0.4, -0.2) is 5.11 Å². The van der Waals surface area contributed by atoms with Crippen LogP contribution >= 0.6 is 15.9 Å². The molecule has 0 bridgehead atoms. The van der Waals surface area contributed by atoms with Crippen molar-refractivity contribution in [3.63, 3.8) is 0 Å². The molecule has 2 heteroatoms. The van der Waals surface area contributed by atoms with Crippen LogP contribution in [0.5, 0.6) is 0 Å². The van der Waals surface area contributed by atoms with Crippen LogP contribution < -0.4 is 0 Å². The molecule has 1 N–H and O–H groups in total. The number of rotatable bonds is 3. The molecule has 0 amide bonds. The Labute approximate surface area is 128 Å². The molecule has 0 radical (unpaired) electrons. The Hall–Kier alpha value is -1.12. The van der Waals surface area contributed by atoms with Gasteiger partial charge in [-0.15, -0.1) is 0 Å². The van der Waals surface area contributed by atoms with Gasteiger partial charge in [-0.2, -0.15) is 0 Å². The molecule has 0 saturated heterocycles. The van der Waals surface area contributed by atoms with Gasteiger partial charge in [0.15, 0.2) is 0 Å². The van der Waals surface area contributed by atoms with E-state index < -0.39 is 6.10 Å². The summed E-state index contributed by atoms with van der Waals surface area (Å²) in [6.07, 6.45) is 3.89. The van der Waals surface area contributed by atoms with Gasteiger partial charge >= 0.3 is 0 Å². The van der Waals surface area contributed by atoms with E-state index in [0.717, 1.165) is 10.0 Å². The lowest BCUT2D eigenvalue weighted by atomic mass is 9.98. The maximum Gasteiger partial charge on any atom is 0.0841 e. The zero-order valence-electron chi connectivity index (χ0n) is 11.7. The third-order valence-corrected chi connectivity index (χ3v) is 4.79. The molecular weight excluding hydrogens is 312 g/mol. The van der Waals surface area contributed by atoms with E-state index in [-0.39, 0.29) is 0 Å². The predicted molar refractivity (Wildman–Crippen MR) is 86.0 cm³/mol. The van der Waals surface area contributed by atoms with Crippen molar-refractivity contribution in [2.75, 3.05) is 0 Å². The molecule has 2 aromatic carbocycles. The van der Waals surface area contributed by atoms with E-state index >= 15 is 0 Å². The van der Waals surface area contributed by atoms with Gasteiger partial charge in [-0.1, -0.05) is 46.3 Å². The van der Waals surface area contributed by atoms with Gasteiger partial charge in [0.25, 0.3) is 0 Å². The Morgan fingerprint density at radius 3 is 2.70 bits per heavy atom. The van der Waals surface area contributed by atoms with Crippen LogP contribution in [0.2, 0.25) is 0 Å². The highest BCUT2D eigenvalue weighted by Gasteiger charge is 2.15. The molecule has 1 nitrogen and oxygen atoms in total. The van der Waals surface area contributed by atoms with E-state index in [1.165, 1.54) is 41.5 Å². The first kappa shape index (κ1) is 13.8. The van der Waals surface area contributed by atoms with Gasteiger partial charge in [-0.25, -0.2) is 0 Å². The summed E-state index contributed by atoms with van der Waals surface area (Å²) in [5, 5.41) is 10.5. The zero-order valence-corrected chi connectivity index (χ0v) is 13.3. The minimum atomic E-state index is -0.454. The van der Waals surface area contributed by atoms with Crippen molar-refractivity contribution in [3.8, 4) is 0 Å². The van der Waals surface area contributed by atoms with Gasteiger partial charge in [-0.3, -0.25) is 0 Å². The Balaban J connectivity index is 1.80. The fourth-order valence-electron chi connectivity index (χ4n) is 2.99. The number of benzene rings is 2. The summed E-state index contributed by atoms with van der Waals surface area (Å²) < 4.78 is 0.992. The van der Waals surface area contributed by atoms with Crippen LogP contribution in [0.3, 0.4) is 0 Å². The minimum absolute atomic E-state index is 0.454. The van der Waals surface area contributed by atoms with Gasteiger partial charge in [0.1, 0.15) is 0 Å². The number of aliphatic hydroxyl groups excluding tert-OH is 1. The van der Waals surface area contributed by atoms with Crippen LogP contribution in [0.15, 0.2) is 40.9 Å². The van der Waals surface area contributed by atoms with Crippen LogP contribution in [0.25, 0.3) is 0 Å². The highest BCUT2D eigenvalue weighted by Crippen LogP contribution is 2.29. The monoisotopic (exact) mass is 330 g/mol. The summed E-state index contributed by atoms with van der Waals surface area (Å²) in [5.74, 6) is 0. The second-order valence-corrected chi connectivity index (χ2v) is 6.56. The Bertz CT molecular complexity index is 633. The number of hydrogen-bond acceptors (Lipinski definition) is 1. The van der Waals surface area contributed by atoms with Crippen LogP contribution in [-0.2, 0) is 19.3 Å². The van der Waals surface area contributed by atoms with E-state index in [2.05, 4.69) is 47.1 Å². The van der Waals surface area contributed by atoms with Gasteiger partial charge < -0.3 is 5.11 Å². The largest absolute Gasteiger partial charge is 0.388 e. The maximum atomic E-state index is 10.5. The molecular formula is C18H19BrO. The normalized spacial score (nSPS) is 15.2. The quantitative estimate of drug-likeness (QED) is 0.877. The number of aliphatic hydroxyl groups is 1. The van der Waals surface area contributed by atoms with Crippen molar-refractivity contribution in [1.29, 1.82) is 0 Å². The standard InChI is InChI=1S/C18H19BrO/c1-12-5-8-16(17(19)9-12)18(20)11-13-6-7-14-3-2-4-15(14)10-13/h5-10,18,20H,2-4,11H2,1H3. The smallest absolute Gasteiger partial charge is 0.0841 e. The minimum Gasteiger partial charge on any atom is -0.388 e. The highest BCUT2D eigenvalue weighted by atomic mass is 79.9. The molecule has 0 saturated carbocycles. The topological polar surface area (TPSA) is 20.2 Å². The van der Waals surface area contributed by atoms with Crippen molar-refractivity contribution in [2.24, 2.45) is 0 Å². The molecule has 0 aliphatic heterocycles. The summed E-state index contributed by atoms with van der Waals surface area (Å²) in [4.78, 5) is 0. The molecule has 0 aromatic heterocycles. The van der Waals surface area contributed by atoms with Gasteiger partial charge in [0.05, 0.1) is 6.10 Å². The van der Waals surface area contributed by atoms with Gasteiger partial charge in [0, 0.05) is 10.9 Å². The molecule has 0 fully saturated rings. The fourth-order valence-corrected chi connectivity index (χ4v) is 3.75. The van der Waals surface area contributed by atoms with Crippen LogP contribution in [0.1, 0.15) is 40.3 Å². The second-order valence-electron chi connectivity index (χ2n) is 5.70. The second kappa shape index (κ2) is 5.71. The van der Waals surface area contributed by atoms with Crippen molar-refractivity contribution >= 4 is 15.9 Å². The molecule has 0 heterocycles. The third kappa shape index (κ3) is 2.82. The summed E-state index contributed by atoms with van der Waals surface area (Å²) in [5.41, 5.74) is 6.35. The molecule has 1 aliphatic carbocycles. The first-order valence-corrected chi connectivity index (χ1v) is 7.97. The van der Waals surface area contributed by atoms with Crippen LogP contribution in [0, 0.1) is 6.92 Å². The first-order valence-electron chi connectivity index (χ1n) is 7.18. The lowest BCUT2D eigenvalue weighted by Crippen LogP contribution is -2.03. The lowest BCUT2D eigenvalue weighted by molar-refractivity contribution is 0.177. The van der Waals surface area contributed by atoms with Crippen molar-refractivity contribution in [2.45, 2.75) is 38.7 Å². The predicted octanol–water partition coefficient (Wildman–Crippen LogP) is 4.52. The molecule has 0 spiro atoms. The van der Waals surface area contributed by atoms with Gasteiger partial charge in [0.2, 0.25) is 0 Å². The SMILES string of the molecule is Cc1ccc(C(O)Cc2ccc3c(c2)CCC3)c(Br)c1. The van der Waals surface area contributed by atoms with Crippen molar-refractivity contribution in [3.05, 3.63) is 68.7 Å². The van der Waals surface area contributed by atoms with E-state index in [0.29, 0.717) is 6.42 Å². The zero-order chi connectivity index (χ0) is 14.1. The highest BCUT2D eigenvalue weighted by molar-refractivity contribution is 9.10. The Kier molecular flexibility index (Phi) is 3.95. The number of hydrogen-bond donors (Lipinski definition) is 1. The number of fused-ring (bicyclic) bond motifs is 1. The summed E-state index contributed by atoms with van der Waals surface area (Å²) in [6.45, 7) is 2.06. The molecule has 1 atom stereocenters. The molecule has 3 rings (SSSR count). The first-order chi connectivity index (χ1) is 9.63. The molecule has 104 valence electrons. The molecule has 1 unspecified atom stereocenters. The maximum absolute atomic E-state index is 10.5. The molecule has 1 aliphatic rings. The van der Waals surface area contributed by atoms with E-state index in [1.807, 2.05) is 12.1 Å². The van der Waals surface area contributed by atoms with E-state index in [9.17, 15) is 5.11 Å². The fraction of sp³-hybridized carbons (Fsp3) is 0.333. The number of aryl methyl sites for hydroxylation is 3. The molecule has 2 aromatic rings. The van der Waals surface area contributed by atoms with E-state index in [1.54, 1.807) is 0 Å². The third-order valence-electron chi connectivity index (χ3n) is 4.11. The van der Waals surface area contributed by atoms with E-state index in [4.69, 9.17) is 0 Å². The van der Waals surface area contributed by atoms with Crippen molar-refractivity contribution in [1.82, 2.24) is 0 Å². The Morgan fingerprint density at radius 1 is 1.10 bits per heavy atom. The average molecular weight is 331 g/mol. The summed E-state index contributed by atoms with van der Waals surface area (Å²) in [6, 6.07) is 12.8. The van der Waals surface area contributed by atoms with Gasteiger partial charge in [-0.05, 0) is 60.1 Å². The lowest BCUT2D eigenvalue weighted by Gasteiger charge is -2.14. The average Bonchev–Trinajstić information content (AvgIpc) is 2.85. The molecule has 20 heavy (non-hydrogen) atoms. The van der Waals surface area contributed by atoms with Crippen molar-refractivity contribution < 1.29 is 5.11 Å². The summed E-state index contributed by atoms with van der Waals surface area (Å²) >= 11 is 3.55. The summed E-state index contributed by atoms with van der Waals surface area (Å²) in [7, 11) is 0.